The van der Waals surface area contributed by atoms with Crippen LogP contribution >= 0.6 is 0 Å². The van der Waals surface area contributed by atoms with Gasteiger partial charge < -0.3 is 15.1 Å². The first-order valence-corrected chi connectivity index (χ1v) is 8.15. The summed E-state index contributed by atoms with van der Waals surface area (Å²) in [5.41, 5.74) is 0.885. The highest BCUT2D eigenvalue weighted by Crippen LogP contribution is 2.12. The first-order chi connectivity index (χ1) is 11.7. The predicted octanol–water partition coefficient (Wildman–Crippen LogP) is 2.30. The first kappa shape index (κ1) is 16.2. The second kappa shape index (κ2) is 7.77. The number of carbonyl (C=O) groups is 1. The molecule has 0 saturated carbocycles. The van der Waals surface area contributed by atoms with E-state index in [1.165, 1.54) is 12.1 Å². The summed E-state index contributed by atoms with van der Waals surface area (Å²) in [5.74, 6) is 0.702. The summed E-state index contributed by atoms with van der Waals surface area (Å²) in [5, 5.41) is 2.91. The zero-order chi connectivity index (χ0) is 16.8. The molecule has 0 spiro atoms. The number of piperazine rings is 1. The Morgan fingerprint density at radius 1 is 1.12 bits per heavy atom. The van der Waals surface area contributed by atoms with Crippen molar-refractivity contribution >= 4 is 11.8 Å². The average Bonchev–Trinajstić information content (AvgIpc) is 2.63. The summed E-state index contributed by atoms with van der Waals surface area (Å²) in [6.07, 6.45) is 2.40. The van der Waals surface area contributed by atoms with Gasteiger partial charge in [-0.3, -0.25) is 0 Å². The third kappa shape index (κ3) is 4.22. The van der Waals surface area contributed by atoms with Gasteiger partial charge in [0.05, 0.1) is 0 Å². The molecule has 1 aliphatic rings. The molecule has 0 unspecified atom stereocenters. The molecule has 2 amide bonds. The minimum Gasteiger partial charge on any atom is -0.353 e. The molecule has 1 saturated heterocycles. The summed E-state index contributed by atoms with van der Waals surface area (Å²) in [7, 11) is 0. The summed E-state index contributed by atoms with van der Waals surface area (Å²) < 4.78 is 13.1. The Morgan fingerprint density at radius 3 is 2.67 bits per heavy atom. The maximum Gasteiger partial charge on any atom is 0.317 e. The third-order valence-electron chi connectivity index (χ3n) is 4.12. The number of carbonyl (C=O) groups excluding carboxylic acids is 1. The summed E-state index contributed by atoms with van der Waals surface area (Å²) in [6.45, 7) is 3.39. The Labute approximate surface area is 141 Å². The molecule has 1 aromatic heterocycles. The highest BCUT2D eigenvalue weighted by atomic mass is 19.1. The van der Waals surface area contributed by atoms with E-state index in [1.807, 2.05) is 29.2 Å². The average molecular weight is 328 g/mol. The fourth-order valence-electron chi connectivity index (χ4n) is 2.80. The lowest BCUT2D eigenvalue weighted by molar-refractivity contribution is 0.194. The van der Waals surface area contributed by atoms with Gasteiger partial charge in [0.1, 0.15) is 11.6 Å². The number of rotatable bonds is 4. The Hall–Kier alpha value is -2.63. The number of anilines is 1. The van der Waals surface area contributed by atoms with Gasteiger partial charge >= 0.3 is 6.03 Å². The molecule has 1 aromatic carbocycles. The van der Waals surface area contributed by atoms with Crippen molar-refractivity contribution in [1.82, 2.24) is 15.2 Å². The van der Waals surface area contributed by atoms with Crippen molar-refractivity contribution in [3.05, 3.63) is 60.0 Å². The number of hydrogen-bond donors (Lipinski definition) is 1. The molecule has 5 nitrogen and oxygen atoms in total. The van der Waals surface area contributed by atoms with Crippen molar-refractivity contribution in [1.29, 1.82) is 0 Å². The summed E-state index contributed by atoms with van der Waals surface area (Å²) in [6, 6.07) is 12.2. The lowest BCUT2D eigenvalue weighted by Gasteiger charge is -2.35. The van der Waals surface area contributed by atoms with Gasteiger partial charge in [0.2, 0.25) is 0 Å². The van der Waals surface area contributed by atoms with Crippen molar-refractivity contribution in [2.45, 2.75) is 6.42 Å². The van der Waals surface area contributed by atoms with E-state index in [2.05, 4.69) is 15.2 Å². The molecule has 0 bridgehead atoms. The Balaban J connectivity index is 1.42. The fraction of sp³-hybridized carbons (Fsp3) is 0.333. The van der Waals surface area contributed by atoms with Gasteiger partial charge in [-0.05, 0) is 36.2 Å². The number of amides is 2. The number of nitrogens with zero attached hydrogens (tertiary/aromatic N) is 3. The molecular weight excluding hydrogens is 307 g/mol. The first-order valence-electron chi connectivity index (χ1n) is 8.15. The second-order valence-electron chi connectivity index (χ2n) is 5.77. The monoisotopic (exact) mass is 328 g/mol. The number of pyridine rings is 1. The van der Waals surface area contributed by atoms with Crippen LogP contribution in [0.1, 0.15) is 5.56 Å². The van der Waals surface area contributed by atoms with Gasteiger partial charge in [0.25, 0.3) is 0 Å². The zero-order valence-electron chi connectivity index (χ0n) is 13.5. The van der Waals surface area contributed by atoms with Gasteiger partial charge in [0.15, 0.2) is 0 Å². The number of nitrogens with one attached hydrogen (secondary N) is 1. The topological polar surface area (TPSA) is 48.5 Å². The van der Waals surface area contributed by atoms with E-state index in [-0.39, 0.29) is 11.8 Å². The predicted molar refractivity (Wildman–Crippen MR) is 91.5 cm³/mol. The van der Waals surface area contributed by atoms with Crippen LogP contribution in [0.5, 0.6) is 0 Å². The van der Waals surface area contributed by atoms with Crippen LogP contribution in [-0.4, -0.2) is 48.6 Å². The van der Waals surface area contributed by atoms with Gasteiger partial charge in [0, 0.05) is 38.9 Å². The van der Waals surface area contributed by atoms with E-state index in [9.17, 15) is 9.18 Å². The van der Waals surface area contributed by atoms with E-state index >= 15 is 0 Å². The lowest BCUT2D eigenvalue weighted by atomic mass is 10.1. The smallest absolute Gasteiger partial charge is 0.317 e. The SMILES string of the molecule is O=C(NCCc1cccc(F)c1)N1CCN(c2ccccn2)CC1. The van der Waals surface area contributed by atoms with E-state index in [4.69, 9.17) is 0 Å². The Kier molecular flexibility index (Phi) is 5.25. The fourth-order valence-corrected chi connectivity index (χ4v) is 2.80. The summed E-state index contributed by atoms with van der Waals surface area (Å²) >= 11 is 0. The number of halogens is 1. The molecule has 0 aliphatic carbocycles. The van der Waals surface area contributed by atoms with Crippen molar-refractivity contribution in [2.24, 2.45) is 0 Å². The molecule has 1 fully saturated rings. The zero-order valence-corrected chi connectivity index (χ0v) is 13.5. The van der Waals surface area contributed by atoms with Crippen LogP contribution in [0.25, 0.3) is 0 Å². The maximum absolute atomic E-state index is 13.1. The molecule has 126 valence electrons. The van der Waals surface area contributed by atoms with Crippen LogP contribution in [0.4, 0.5) is 15.0 Å². The quantitative estimate of drug-likeness (QED) is 0.937. The maximum atomic E-state index is 13.1. The number of benzene rings is 1. The van der Waals surface area contributed by atoms with Crippen molar-refractivity contribution in [3.8, 4) is 0 Å². The Morgan fingerprint density at radius 2 is 1.96 bits per heavy atom. The number of hydrogen-bond acceptors (Lipinski definition) is 3. The molecule has 0 atom stereocenters. The molecule has 6 heteroatoms. The largest absolute Gasteiger partial charge is 0.353 e. The molecule has 24 heavy (non-hydrogen) atoms. The van der Waals surface area contributed by atoms with Crippen LogP contribution in [0.3, 0.4) is 0 Å². The van der Waals surface area contributed by atoms with E-state index in [1.54, 1.807) is 12.3 Å². The van der Waals surface area contributed by atoms with Crippen LogP contribution in [0.15, 0.2) is 48.7 Å². The van der Waals surface area contributed by atoms with Gasteiger partial charge in [-0.15, -0.1) is 0 Å². The van der Waals surface area contributed by atoms with E-state index in [0.29, 0.717) is 26.1 Å². The standard InChI is InChI=1S/C18H21FN4O/c19-16-5-3-4-15(14-16)7-9-21-18(24)23-12-10-22(11-13-23)17-6-1-2-8-20-17/h1-6,8,14H,7,9-13H2,(H,21,24). The molecule has 0 radical (unpaired) electrons. The molecule has 1 aliphatic heterocycles. The van der Waals surface area contributed by atoms with Crippen molar-refractivity contribution < 1.29 is 9.18 Å². The highest BCUT2D eigenvalue weighted by molar-refractivity contribution is 5.74. The van der Waals surface area contributed by atoms with Gasteiger partial charge in [-0.25, -0.2) is 14.2 Å². The minimum atomic E-state index is -0.246. The molecule has 2 heterocycles. The summed E-state index contributed by atoms with van der Waals surface area (Å²) in [4.78, 5) is 20.5. The minimum absolute atomic E-state index is 0.0629. The van der Waals surface area contributed by atoms with Crippen molar-refractivity contribution in [3.63, 3.8) is 0 Å². The van der Waals surface area contributed by atoms with Crippen LogP contribution in [0, 0.1) is 5.82 Å². The molecule has 2 aromatic rings. The van der Waals surface area contributed by atoms with Crippen LogP contribution in [-0.2, 0) is 6.42 Å². The second-order valence-corrected chi connectivity index (χ2v) is 5.77. The number of urea groups is 1. The molecular formula is C18H21FN4O. The van der Waals surface area contributed by atoms with Gasteiger partial charge in [-0.2, -0.15) is 0 Å². The molecule has 1 N–H and O–H groups in total. The third-order valence-corrected chi connectivity index (χ3v) is 4.12. The van der Waals surface area contributed by atoms with Crippen molar-refractivity contribution in [2.75, 3.05) is 37.6 Å². The lowest BCUT2D eigenvalue weighted by Crippen LogP contribution is -2.52. The molecule has 3 rings (SSSR count). The Bertz CT molecular complexity index is 672. The highest BCUT2D eigenvalue weighted by Gasteiger charge is 2.21. The van der Waals surface area contributed by atoms with E-state index < -0.39 is 0 Å². The number of aromatic nitrogens is 1. The van der Waals surface area contributed by atoms with Crippen LogP contribution < -0.4 is 10.2 Å². The normalized spacial score (nSPS) is 14.5. The van der Waals surface area contributed by atoms with Gasteiger partial charge in [-0.1, -0.05) is 18.2 Å². The van der Waals surface area contributed by atoms with E-state index in [0.717, 1.165) is 24.5 Å². The van der Waals surface area contributed by atoms with Crippen LogP contribution in [0.2, 0.25) is 0 Å².